The highest BCUT2D eigenvalue weighted by atomic mass is 16.2. The number of benzene rings is 1. The van der Waals surface area contributed by atoms with Crippen molar-refractivity contribution in [3.63, 3.8) is 0 Å². The Bertz CT molecular complexity index is 726. The number of aromatic nitrogens is 1. The van der Waals surface area contributed by atoms with Gasteiger partial charge in [0.05, 0.1) is 0 Å². The highest BCUT2D eigenvalue weighted by Gasteiger charge is 2.11. The number of nitrogens with one attached hydrogen (secondary N) is 2. The zero-order valence-corrected chi connectivity index (χ0v) is 13.0. The molecule has 1 aromatic carbocycles. The average Bonchev–Trinajstić information content (AvgIpc) is 2.58. The van der Waals surface area contributed by atoms with Gasteiger partial charge in [-0.15, -0.1) is 6.58 Å². The first-order valence-electron chi connectivity index (χ1n) is 7.29. The topological polar surface area (TPSA) is 71.1 Å². The van der Waals surface area contributed by atoms with E-state index in [0.717, 1.165) is 11.1 Å². The van der Waals surface area contributed by atoms with E-state index in [0.29, 0.717) is 18.7 Å². The monoisotopic (exact) mass is 309 g/mol. The molecule has 0 unspecified atom stereocenters. The summed E-state index contributed by atoms with van der Waals surface area (Å²) >= 11 is 0. The van der Waals surface area contributed by atoms with Crippen LogP contribution in [0.4, 0.5) is 0 Å². The molecule has 1 aromatic heterocycles. The number of aryl methyl sites for hydroxylation is 1. The van der Waals surface area contributed by atoms with Crippen LogP contribution in [-0.2, 0) is 6.54 Å². The third-order valence-electron chi connectivity index (χ3n) is 3.36. The quantitative estimate of drug-likeness (QED) is 0.804. The highest BCUT2D eigenvalue weighted by molar-refractivity contribution is 5.98. The van der Waals surface area contributed by atoms with Gasteiger partial charge < -0.3 is 10.6 Å². The standard InChI is InChI=1S/C18H19N3O2/c1-3-9-20-17(22)14-8-10-19-16(11-14)18(23)21-12-15-7-5-4-6-13(15)2/h3-8,10-11H,1,9,12H2,2H3,(H,20,22)(H,21,23). The van der Waals surface area contributed by atoms with Crippen LogP contribution in [0.3, 0.4) is 0 Å². The molecule has 0 aliphatic heterocycles. The lowest BCUT2D eigenvalue weighted by molar-refractivity contribution is 0.0946. The third kappa shape index (κ3) is 4.51. The molecule has 0 bridgehead atoms. The molecule has 0 fully saturated rings. The number of carbonyl (C=O) groups excluding carboxylic acids is 2. The summed E-state index contributed by atoms with van der Waals surface area (Å²) in [7, 11) is 0. The lowest BCUT2D eigenvalue weighted by Gasteiger charge is -2.08. The van der Waals surface area contributed by atoms with Crippen LogP contribution in [0.25, 0.3) is 0 Å². The van der Waals surface area contributed by atoms with Crippen molar-refractivity contribution in [1.29, 1.82) is 0 Å². The Labute approximate surface area is 135 Å². The average molecular weight is 309 g/mol. The van der Waals surface area contributed by atoms with Crippen molar-refractivity contribution in [2.45, 2.75) is 13.5 Å². The van der Waals surface area contributed by atoms with E-state index in [2.05, 4.69) is 22.2 Å². The number of hydrogen-bond acceptors (Lipinski definition) is 3. The molecule has 118 valence electrons. The molecule has 0 radical (unpaired) electrons. The van der Waals surface area contributed by atoms with E-state index in [1.807, 2.05) is 31.2 Å². The normalized spacial score (nSPS) is 9.96. The molecular weight excluding hydrogens is 290 g/mol. The molecule has 2 N–H and O–H groups in total. The van der Waals surface area contributed by atoms with E-state index < -0.39 is 0 Å². The zero-order chi connectivity index (χ0) is 16.7. The Morgan fingerprint density at radius 1 is 1.17 bits per heavy atom. The van der Waals surface area contributed by atoms with Crippen LogP contribution in [0.2, 0.25) is 0 Å². The van der Waals surface area contributed by atoms with Gasteiger partial charge in [-0.1, -0.05) is 30.3 Å². The van der Waals surface area contributed by atoms with Crippen LogP contribution in [-0.4, -0.2) is 23.3 Å². The van der Waals surface area contributed by atoms with Gasteiger partial charge in [-0.05, 0) is 30.2 Å². The predicted molar refractivity (Wildman–Crippen MR) is 89.1 cm³/mol. The molecule has 23 heavy (non-hydrogen) atoms. The van der Waals surface area contributed by atoms with Crippen LogP contribution in [0, 0.1) is 6.92 Å². The number of nitrogens with zero attached hydrogens (tertiary/aromatic N) is 1. The van der Waals surface area contributed by atoms with Crippen molar-refractivity contribution in [2.24, 2.45) is 0 Å². The Hall–Kier alpha value is -2.95. The summed E-state index contributed by atoms with van der Waals surface area (Å²) < 4.78 is 0. The second-order valence-electron chi connectivity index (χ2n) is 5.04. The van der Waals surface area contributed by atoms with Gasteiger partial charge in [0.1, 0.15) is 5.69 Å². The van der Waals surface area contributed by atoms with Crippen LogP contribution in [0.1, 0.15) is 32.0 Å². The van der Waals surface area contributed by atoms with Gasteiger partial charge in [-0.25, -0.2) is 0 Å². The Kier molecular flexibility index (Phi) is 5.63. The van der Waals surface area contributed by atoms with E-state index in [9.17, 15) is 9.59 Å². The lowest BCUT2D eigenvalue weighted by Crippen LogP contribution is -2.26. The molecular formula is C18H19N3O2. The van der Waals surface area contributed by atoms with E-state index in [4.69, 9.17) is 0 Å². The summed E-state index contributed by atoms with van der Waals surface area (Å²) in [6.07, 6.45) is 3.04. The molecule has 2 aromatic rings. The van der Waals surface area contributed by atoms with Crippen molar-refractivity contribution in [3.8, 4) is 0 Å². The minimum Gasteiger partial charge on any atom is -0.349 e. The fourth-order valence-corrected chi connectivity index (χ4v) is 2.04. The number of pyridine rings is 1. The first-order valence-corrected chi connectivity index (χ1v) is 7.29. The summed E-state index contributed by atoms with van der Waals surface area (Å²) in [5, 5.41) is 5.48. The number of carbonyl (C=O) groups is 2. The molecule has 1 heterocycles. The maximum absolute atomic E-state index is 12.2. The first kappa shape index (κ1) is 16.4. The number of amides is 2. The predicted octanol–water partition coefficient (Wildman–Crippen LogP) is 2.24. The summed E-state index contributed by atoms with van der Waals surface area (Å²) in [4.78, 5) is 28.1. The van der Waals surface area contributed by atoms with E-state index >= 15 is 0 Å². The van der Waals surface area contributed by atoms with Crippen LogP contribution in [0.15, 0.2) is 55.3 Å². The second-order valence-corrected chi connectivity index (χ2v) is 5.04. The summed E-state index contributed by atoms with van der Waals surface area (Å²) in [5.74, 6) is -0.577. The van der Waals surface area contributed by atoms with Crippen molar-refractivity contribution in [2.75, 3.05) is 6.54 Å². The molecule has 5 heteroatoms. The van der Waals surface area contributed by atoms with Crippen molar-refractivity contribution in [3.05, 3.63) is 77.6 Å². The fraction of sp³-hybridized carbons (Fsp3) is 0.167. The van der Waals surface area contributed by atoms with Gasteiger partial charge in [-0.3, -0.25) is 14.6 Å². The van der Waals surface area contributed by atoms with E-state index in [1.54, 1.807) is 12.1 Å². The van der Waals surface area contributed by atoms with Crippen LogP contribution >= 0.6 is 0 Å². The van der Waals surface area contributed by atoms with Crippen molar-refractivity contribution in [1.82, 2.24) is 15.6 Å². The summed E-state index contributed by atoms with van der Waals surface area (Å²) in [6, 6.07) is 10.9. The molecule has 0 aliphatic rings. The van der Waals surface area contributed by atoms with Gasteiger partial charge in [0.2, 0.25) is 0 Å². The molecule has 2 amide bonds. The third-order valence-corrected chi connectivity index (χ3v) is 3.36. The molecule has 2 rings (SSSR count). The maximum atomic E-state index is 12.2. The van der Waals surface area contributed by atoms with E-state index in [1.165, 1.54) is 12.3 Å². The number of hydrogen-bond donors (Lipinski definition) is 2. The largest absolute Gasteiger partial charge is 0.349 e. The zero-order valence-electron chi connectivity index (χ0n) is 13.0. The van der Waals surface area contributed by atoms with Gasteiger partial charge in [-0.2, -0.15) is 0 Å². The molecule has 0 atom stereocenters. The number of rotatable bonds is 6. The molecule has 5 nitrogen and oxygen atoms in total. The van der Waals surface area contributed by atoms with Gasteiger partial charge in [0, 0.05) is 24.8 Å². The van der Waals surface area contributed by atoms with Crippen LogP contribution < -0.4 is 10.6 Å². The molecule has 0 spiro atoms. The van der Waals surface area contributed by atoms with Crippen molar-refractivity contribution < 1.29 is 9.59 Å². The van der Waals surface area contributed by atoms with Gasteiger partial charge in [0.15, 0.2) is 0 Å². The van der Waals surface area contributed by atoms with Crippen LogP contribution in [0.5, 0.6) is 0 Å². The van der Waals surface area contributed by atoms with Gasteiger partial charge >= 0.3 is 0 Å². The summed E-state index contributed by atoms with van der Waals surface area (Å²) in [5.41, 5.74) is 2.76. The fourth-order valence-electron chi connectivity index (χ4n) is 2.04. The Morgan fingerprint density at radius 2 is 1.96 bits per heavy atom. The smallest absolute Gasteiger partial charge is 0.270 e. The Balaban J connectivity index is 2.03. The SMILES string of the molecule is C=CCNC(=O)c1ccnc(C(=O)NCc2ccccc2C)c1. The molecule has 0 saturated heterocycles. The molecule has 0 aliphatic carbocycles. The maximum Gasteiger partial charge on any atom is 0.270 e. The second kappa shape index (κ2) is 7.89. The lowest BCUT2D eigenvalue weighted by atomic mass is 10.1. The van der Waals surface area contributed by atoms with Crippen molar-refractivity contribution >= 4 is 11.8 Å². The van der Waals surface area contributed by atoms with E-state index in [-0.39, 0.29) is 17.5 Å². The minimum absolute atomic E-state index is 0.213. The minimum atomic E-state index is -0.313. The summed E-state index contributed by atoms with van der Waals surface area (Å²) in [6.45, 7) is 6.32. The van der Waals surface area contributed by atoms with Gasteiger partial charge in [0.25, 0.3) is 11.8 Å². The molecule has 0 saturated carbocycles. The Morgan fingerprint density at radius 3 is 2.70 bits per heavy atom. The highest BCUT2D eigenvalue weighted by Crippen LogP contribution is 2.07. The first-order chi connectivity index (χ1) is 11.1.